The third kappa shape index (κ3) is 4.05. The Balaban J connectivity index is 1.68. The highest BCUT2D eigenvalue weighted by Gasteiger charge is 2.13. The quantitative estimate of drug-likeness (QED) is 0.695. The topological polar surface area (TPSA) is 76.2 Å². The van der Waals surface area contributed by atoms with Crippen molar-refractivity contribution < 1.29 is 23.0 Å². The lowest BCUT2D eigenvalue weighted by Crippen LogP contribution is -2.23. The van der Waals surface area contributed by atoms with Crippen LogP contribution in [0, 0.1) is 11.6 Å². The zero-order valence-electron chi connectivity index (χ0n) is 14.7. The summed E-state index contributed by atoms with van der Waals surface area (Å²) in [6.07, 6.45) is 0. The molecule has 0 aliphatic carbocycles. The van der Waals surface area contributed by atoms with Crippen molar-refractivity contribution in [3.63, 3.8) is 0 Å². The number of aromatic nitrogens is 2. The summed E-state index contributed by atoms with van der Waals surface area (Å²) in [6, 6.07) is 10.2. The van der Waals surface area contributed by atoms with Crippen LogP contribution in [0.25, 0.3) is 11.3 Å². The second-order valence-electron chi connectivity index (χ2n) is 5.67. The Kier molecular flexibility index (Phi) is 5.35. The Bertz CT molecular complexity index is 973. The molecule has 1 heterocycles. The molecule has 3 aromatic rings. The highest BCUT2D eigenvalue weighted by atomic mass is 19.2. The third-order valence-corrected chi connectivity index (χ3v) is 3.94. The van der Waals surface area contributed by atoms with Crippen LogP contribution in [0.3, 0.4) is 0 Å². The number of hydrogen-bond acceptors (Lipinski definition) is 4. The van der Waals surface area contributed by atoms with E-state index in [1.165, 1.54) is 19.2 Å². The molecule has 2 N–H and O–H groups in total. The molecule has 0 bridgehead atoms. The van der Waals surface area contributed by atoms with Crippen molar-refractivity contribution in [2.75, 3.05) is 14.2 Å². The molecule has 6 nitrogen and oxygen atoms in total. The van der Waals surface area contributed by atoms with Gasteiger partial charge in [0.25, 0.3) is 5.91 Å². The summed E-state index contributed by atoms with van der Waals surface area (Å²) in [5, 5.41) is 9.31. The first-order valence-electron chi connectivity index (χ1n) is 8.01. The van der Waals surface area contributed by atoms with Gasteiger partial charge in [-0.1, -0.05) is 6.07 Å². The minimum absolute atomic E-state index is 0.204. The summed E-state index contributed by atoms with van der Waals surface area (Å²) >= 11 is 0. The minimum atomic E-state index is -0.977. The van der Waals surface area contributed by atoms with E-state index in [0.717, 1.165) is 17.7 Å². The monoisotopic (exact) mass is 373 g/mol. The van der Waals surface area contributed by atoms with E-state index in [1.807, 2.05) is 0 Å². The number of methoxy groups -OCH3 is 2. The van der Waals surface area contributed by atoms with E-state index >= 15 is 0 Å². The van der Waals surface area contributed by atoms with Gasteiger partial charge in [0.05, 0.1) is 19.9 Å². The molecule has 3 rings (SSSR count). The number of aromatic amines is 1. The average molecular weight is 373 g/mol. The summed E-state index contributed by atoms with van der Waals surface area (Å²) in [6.45, 7) is 0.263. The first kappa shape index (κ1) is 18.4. The number of nitrogens with zero attached hydrogens (tertiary/aromatic N) is 1. The Morgan fingerprint density at radius 2 is 1.81 bits per heavy atom. The average Bonchev–Trinajstić information content (AvgIpc) is 3.18. The summed E-state index contributed by atoms with van der Waals surface area (Å²) in [7, 11) is 3.08. The number of H-pyrrole nitrogens is 1. The van der Waals surface area contributed by atoms with E-state index in [-0.39, 0.29) is 18.1 Å². The first-order chi connectivity index (χ1) is 13.0. The number of amides is 1. The van der Waals surface area contributed by atoms with Gasteiger partial charge >= 0.3 is 0 Å². The predicted molar refractivity (Wildman–Crippen MR) is 94.7 cm³/mol. The molecule has 0 unspecified atom stereocenters. The number of halogens is 2. The van der Waals surface area contributed by atoms with Gasteiger partial charge in [-0.05, 0) is 42.0 Å². The van der Waals surface area contributed by atoms with Crippen LogP contribution >= 0.6 is 0 Å². The van der Waals surface area contributed by atoms with Crippen LogP contribution in [-0.2, 0) is 6.54 Å². The number of carbonyl (C=O) groups is 1. The van der Waals surface area contributed by atoms with Gasteiger partial charge < -0.3 is 14.8 Å². The second-order valence-corrected chi connectivity index (χ2v) is 5.67. The molecule has 0 saturated heterocycles. The summed E-state index contributed by atoms with van der Waals surface area (Å²) in [5.41, 5.74) is 1.73. The molecule has 27 heavy (non-hydrogen) atoms. The van der Waals surface area contributed by atoms with Crippen LogP contribution in [0.5, 0.6) is 11.5 Å². The van der Waals surface area contributed by atoms with Crippen molar-refractivity contribution in [2.45, 2.75) is 6.54 Å². The maximum Gasteiger partial charge on any atom is 0.269 e. The van der Waals surface area contributed by atoms with Gasteiger partial charge in [-0.25, -0.2) is 8.78 Å². The third-order valence-electron chi connectivity index (χ3n) is 3.94. The van der Waals surface area contributed by atoms with Gasteiger partial charge in [0, 0.05) is 12.1 Å². The van der Waals surface area contributed by atoms with Crippen LogP contribution in [0.15, 0.2) is 42.5 Å². The molecular weight excluding hydrogens is 356 g/mol. The Morgan fingerprint density at radius 1 is 1.04 bits per heavy atom. The SMILES string of the molecule is COc1ccc(CNC(=O)c2cc(-c3ccc(F)c(F)c3)n[nH]2)cc1OC. The molecule has 0 spiro atoms. The summed E-state index contributed by atoms with van der Waals surface area (Å²) in [5.74, 6) is -1.15. The van der Waals surface area contributed by atoms with E-state index in [1.54, 1.807) is 25.3 Å². The highest BCUT2D eigenvalue weighted by molar-refractivity contribution is 5.93. The van der Waals surface area contributed by atoms with Gasteiger partial charge in [0.15, 0.2) is 23.1 Å². The fourth-order valence-electron chi connectivity index (χ4n) is 2.51. The number of carbonyl (C=O) groups excluding carboxylic acids is 1. The highest BCUT2D eigenvalue weighted by Crippen LogP contribution is 2.27. The van der Waals surface area contributed by atoms with Gasteiger partial charge in [-0.2, -0.15) is 5.10 Å². The number of ether oxygens (including phenoxy) is 2. The number of hydrogen-bond donors (Lipinski definition) is 2. The molecule has 140 valence electrons. The minimum Gasteiger partial charge on any atom is -0.493 e. The molecule has 0 aliphatic rings. The molecule has 1 aromatic heterocycles. The van der Waals surface area contributed by atoms with E-state index < -0.39 is 11.6 Å². The fraction of sp³-hybridized carbons (Fsp3) is 0.158. The van der Waals surface area contributed by atoms with Gasteiger partial charge in [0.1, 0.15) is 5.69 Å². The van der Waals surface area contributed by atoms with E-state index in [9.17, 15) is 13.6 Å². The molecule has 0 fully saturated rings. The van der Waals surface area contributed by atoms with Crippen molar-refractivity contribution in [2.24, 2.45) is 0 Å². The normalized spacial score (nSPS) is 10.5. The smallest absolute Gasteiger partial charge is 0.269 e. The van der Waals surface area contributed by atoms with E-state index in [4.69, 9.17) is 9.47 Å². The zero-order valence-corrected chi connectivity index (χ0v) is 14.7. The lowest BCUT2D eigenvalue weighted by molar-refractivity contribution is 0.0946. The Morgan fingerprint density at radius 3 is 2.52 bits per heavy atom. The van der Waals surface area contributed by atoms with Crippen LogP contribution in [0.4, 0.5) is 8.78 Å². The fourth-order valence-corrected chi connectivity index (χ4v) is 2.51. The van der Waals surface area contributed by atoms with E-state index in [2.05, 4.69) is 15.5 Å². The molecule has 8 heteroatoms. The van der Waals surface area contributed by atoms with Gasteiger partial charge in [0.2, 0.25) is 0 Å². The van der Waals surface area contributed by atoms with Crippen molar-refractivity contribution in [3.05, 3.63) is 65.4 Å². The predicted octanol–water partition coefficient (Wildman–Crippen LogP) is 3.30. The lowest BCUT2D eigenvalue weighted by Gasteiger charge is -2.10. The van der Waals surface area contributed by atoms with Crippen LogP contribution in [0.1, 0.15) is 16.1 Å². The summed E-state index contributed by atoms with van der Waals surface area (Å²) in [4.78, 5) is 12.3. The Labute approximate surface area is 154 Å². The first-order valence-corrected chi connectivity index (χ1v) is 8.01. The standard InChI is InChI=1S/C19H17F2N3O3/c1-26-17-6-3-11(7-18(17)27-2)10-22-19(25)16-9-15(23-24-16)12-4-5-13(20)14(21)8-12/h3-9H,10H2,1-2H3,(H,22,25)(H,23,24). The molecule has 0 atom stereocenters. The molecule has 1 amide bonds. The van der Waals surface area contributed by atoms with Gasteiger partial charge in [-0.15, -0.1) is 0 Å². The van der Waals surface area contributed by atoms with Crippen molar-refractivity contribution in [1.82, 2.24) is 15.5 Å². The maximum atomic E-state index is 13.3. The number of rotatable bonds is 6. The summed E-state index contributed by atoms with van der Waals surface area (Å²) < 4.78 is 36.8. The maximum absolute atomic E-state index is 13.3. The molecule has 2 aromatic carbocycles. The van der Waals surface area contributed by atoms with Crippen molar-refractivity contribution in [1.29, 1.82) is 0 Å². The van der Waals surface area contributed by atoms with E-state index in [0.29, 0.717) is 22.8 Å². The lowest BCUT2D eigenvalue weighted by atomic mass is 10.1. The molecule has 0 saturated carbocycles. The Hall–Kier alpha value is -3.42. The molecule has 0 radical (unpaired) electrons. The van der Waals surface area contributed by atoms with Crippen molar-refractivity contribution >= 4 is 5.91 Å². The largest absolute Gasteiger partial charge is 0.493 e. The van der Waals surface area contributed by atoms with Crippen LogP contribution in [0.2, 0.25) is 0 Å². The van der Waals surface area contributed by atoms with Crippen molar-refractivity contribution in [3.8, 4) is 22.8 Å². The number of benzene rings is 2. The van der Waals surface area contributed by atoms with Gasteiger partial charge in [-0.3, -0.25) is 9.89 Å². The molecule has 0 aliphatic heterocycles. The van der Waals surface area contributed by atoms with Crippen LogP contribution in [-0.4, -0.2) is 30.3 Å². The second kappa shape index (κ2) is 7.86. The zero-order chi connectivity index (χ0) is 19.4. The molecular formula is C19H17F2N3O3. The number of nitrogens with one attached hydrogen (secondary N) is 2. The van der Waals surface area contributed by atoms with Crippen LogP contribution < -0.4 is 14.8 Å².